The van der Waals surface area contributed by atoms with Crippen molar-refractivity contribution in [3.05, 3.63) is 24.3 Å². The number of benzene rings is 1. The summed E-state index contributed by atoms with van der Waals surface area (Å²) in [5.74, 6) is -0.351. The number of anilines is 1. The summed E-state index contributed by atoms with van der Waals surface area (Å²) in [6.07, 6.45) is 0. The Kier molecular flexibility index (Phi) is 4.90. The van der Waals surface area contributed by atoms with Crippen LogP contribution in [0.1, 0.15) is 13.8 Å². The molecule has 0 radical (unpaired) electrons. The Morgan fingerprint density at radius 3 is 2.47 bits per heavy atom. The van der Waals surface area contributed by atoms with Crippen LogP contribution in [0.5, 0.6) is 0 Å². The third-order valence-corrected chi connectivity index (χ3v) is 4.30. The van der Waals surface area contributed by atoms with Gasteiger partial charge in [0.05, 0.1) is 12.2 Å². The Balaban J connectivity index is 2.90. The van der Waals surface area contributed by atoms with Crippen LogP contribution in [0.4, 0.5) is 5.69 Å². The number of para-hydroxylation sites is 1. The summed E-state index contributed by atoms with van der Waals surface area (Å²) in [7, 11) is -2.40. The van der Waals surface area contributed by atoms with Crippen LogP contribution >= 0.6 is 0 Å². The van der Waals surface area contributed by atoms with Crippen LogP contribution < -0.4 is 11.1 Å². The van der Waals surface area contributed by atoms with Crippen LogP contribution in [0.15, 0.2) is 29.2 Å². The van der Waals surface area contributed by atoms with Gasteiger partial charge in [0.25, 0.3) is 0 Å². The zero-order valence-electron chi connectivity index (χ0n) is 11.3. The number of nitrogens with zero attached hydrogens (tertiary/aromatic N) is 1. The quantitative estimate of drug-likeness (QED) is 0.767. The van der Waals surface area contributed by atoms with Gasteiger partial charge in [0.15, 0.2) is 0 Å². The predicted molar refractivity (Wildman–Crippen MR) is 73.9 cm³/mol. The SMILES string of the molecule is CC(C)NC(=O)CN(C)S(=O)(=O)c1ccccc1N. The second-order valence-electron chi connectivity index (χ2n) is 4.52. The maximum Gasteiger partial charge on any atom is 0.245 e. The number of carbonyl (C=O) groups is 1. The molecule has 0 unspecified atom stereocenters. The van der Waals surface area contributed by atoms with Crippen LogP contribution in [0.25, 0.3) is 0 Å². The van der Waals surface area contributed by atoms with Gasteiger partial charge >= 0.3 is 0 Å². The number of hydrogen-bond donors (Lipinski definition) is 2. The minimum absolute atomic E-state index is 0.00912. The van der Waals surface area contributed by atoms with E-state index in [0.717, 1.165) is 4.31 Å². The third kappa shape index (κ3) is 3.93. The fourth-order valence-corrected chi connectivity index (χ4v) is 2.78. The van der Waals surface area contributed by atoms with Gasteiger partial charge < -0.3 is 11.1 Å². The molecule has 0 aliphatic heterocycles. The lowest BCUT2D eigenvalue weighted by molar-refractivity contribution is -0.121. The topological polar surface area (TPSA) is 92.5 Å². The molecule has 1 rings (SSSR count). The van der Waals surface area contributed by atoms with E-state index in [4.69, 9.17) is 5.73 Å². The molecule has 3 N–H and O–H groups in total. The first kappa shape index (κ1) is 15.5. The molecule has 1 aromatic rings. The van der Waals surface area contributed by atoms with Crippen LogP contribution in [0.2, 0.25) is 0 Å². The fraction of sp³-hybridized carbons (Fsp3) is 0.417. The first-order valence-corrected chi connectivity index (χ1v) is 7.29. The highest BCUT2D eigenvalue weighted by Crippen LogP contribution is 2.20. The van der Waals surface area contributed by atoms with Crippen LogP contribution in [0.3, 0.4) is 0 Å². The normalized spacial score (nSPS) is 11.8. The molecule has 0 aliphatic carbocycles. The molecule has 0 spiro atoms. The molecular weight excluding hydrogens is 266 g/mol. The molecule has 0 aromatic heterocycles. The molecule has 6 nitrogen and oxygen atoms in total. The van der Waals surface area contributed by atoms with Gasteiger partial charge in [0.1, 0.15) is 4.90 Å². The lowest BCUT2D eigenvalue weighted by Crippen LogP contribution is -2.40. The Bertz CT molecular complexity index is 555. The number of hydrogen-bond acceptors (Lipinski definition) is 4. The van der Waals surface area contributed by atoms with E-state index in [0.29, 0.717) is 0 Å². The first-order valence-electron chi connectivity index (χ1n) is 5.85. The predicted octanol–water partition coefficient (Wildman–Crippen LogP) is 0.414. The molecule has 0 atom stereocenters. The fourth-order valence-electron chi connectivity index (χ4n) is 1.54. The number of nitrogens with two attached hydrogens (primary N) is 1. The summed E-state index contributed by atoms with van der Waals surface area (Å²) >= 11 is 0. The molecule has 0 saturated heterocycles. The number of rotatable bonds is 5. The van der Waals surface area contributed by atoms with Crippen molar-refractivity contribution in [3.8, 4) is 0 Å². The molecule has 0 heterocycles. The Labute approximate surface area is 113 Å². The van der Waals surface area contributed by atoms with E-state index in [1.54, 1.807) is 12.1 Å². The van der Waals surface area contributed by atoms with Crippen molar-refractivity contribution in [1.29, 1.82) is 0 Å². The molecular formula is C12H19N3O3S. The summed E-state index contributed by atoms with van der Waals surface area (Å²) in [6.45, 7) is 3.37. The summed E-state index contributed by atoms with van der Waals surface area (Å²) in [5.41, 5.74) is 5.82. The Morgan fingerprint density at radius 2 is 1.95 bits per heavy atom. The highest BCUT2D eigenvalue weighted by molar-refractivity contribution is 7.89. The van der Waals surface area contributed by atoms with Crippen molar-refractivity contribution >= 4 is 21.6 Å². The number of likely N-dealkylation sites (N-methyl/N-ethyl adjacent to an activating group) is 1. The molecule has 0 bridgehead atoms. The van der Waals surface area contributed by atoms with Crippen LogP contribution in [0, 0.1) is 0 Å². The van der Waals surface area contributed by atoms with E-state index in [1.807, 2.05) is 13.8 Å². The van der Waals surface area contributed by atoms with Crippen LogP contribution in [-0.4, -0.2) is 38.3 Å². The number of nitrogens with one attached hydrogen (secondary N) is 1. The van der Waals surface area contributed by atoms with Crippen molar-refractivity contribution < 1.29 is 13.2 Å². The lowest BCUT2D eigenvalue weighted by Gasteiger charge is -2.18. The minimum Gasteiger partial charge on any atom is -0.398 e. The summed E-state index contributed by atoms with van der Waals surface area (Å²) in [4.78, 5) is 11.6. The number of amides is 1. The van der Waals surface area contributed by atoms with Crippen LogP contribution in [-0.2, 0) is 14.8 Å². The van der Waals surface area contributed by atoms with Crippen molar-refractivity contribution in [2.45, 2.75) is 24.8 Å². The van der Waals surface area contributed by atoms with E-state index >= 15 is 0 Å². The van der Waals surface area contributed by atoms with Crippen molar-refractivity contribution in [2.75, 3.05) is 19.3 Å². The van der Waals surface area contributed by atoms with Gasteiger partial charge in [-0.05, 0) is 26.0 Å². The van der Waals surface area contributed by atoms with E-state index in [-0.39, 0.29) is 29.1 Å². The van der Waals surface area contributed by atoms with E-state index < -0.39 is 10.0 Å². The third-order valence-electron chi connectivity index (χ3n) is 2.42. The smallest absolute Gasteiger partial charge is 0.245 e. The molecule has 0 fully saturated rings. The average molecular weight is 285 g/mol. The zero-order chi connectivity index (χ0) is 14.6. The highest BCUT2D eigenvalue weighted by atomic mass is 32.2. The van der Waals surface area contributed by atoms with E-state index in [9.17, 15) is 13.2 Å². The number of nitrogen functional groups attached to an aromatic ring is 1. The van der Waals surface area contributed by atoms with Gasteiger partial charge in [-0.1, -0.05) is 12.1 Å². The zero-order valence-corrected chi connectivity index (χ0v) is 12.1. The highest BCUT2D eigenvalue weighted by Gasteiger charge is 2.24. The van der Waals surface area contributed by atoms with Crippen molar-refractivity contribution in [2.24, 2.45) is 0 Å². The molecule has 1 amide bonds. The minimum atomic E-state index is -3.75. The average Bonchev–Trinajstić information content (AvgIpc) is 2.27. The van der Waals surface area contributed by atoms with Crippen molar-refractivity contribution in [1.82, 2.24) is 9.62 Å². The second kappa shape index (κ2) is 6.03. The second-order valence-corrected chi connectivity index (χ2v) is 6.53. The molecule has 1 aromatic carbocycles. The molecule has 7 heteroatoms. The molecule has 0 saturated carbocycles. The first-order chi connectivity index (χ1) is 8.75. The maximum absolute atomic E-state index is 12.2. The Morgan fingerprint density at radius 1 is 1.37 bits per heavy atom. The number of sulfonamides is 1. The number of carbonyl (C=O) groups excluding carboxylic acids is 1. The summed E-state index contributed by atoms with van der Waals surface area (Å²) < 4.78 is 25.5. The molecule has 0 aliphatic rings. The Hall–Kier alpha value is -1.60. The van der Waals surface area contributed by atoms with Gasteiger partial charge in [-0.3, -0.25) is 4.79 Å². The van der Waals surface area contributed by atoms with E-state index in [2.05, 4.69) is 5.32 Å². The van der Waals surface area contributed by atoms with Gasteiger partial charge in [0, 0.05) is 13.1 Å². The van der Waals surface area contributed by atoms with Gasteiger partial charge in [0.2, 0.25) is 15.9 Å². The van der Waals surface area contributed by atoms with Gasteiger partial charge in [-0.25, -0.2) is 8.42 Å². The largest absolute Gasteiger partial charge is 0.398 e. The monoisotopic (exact) mass is 285 g/mol. The van der Waals surface area contributed by atoms with Gasteiger partial charge in [-0.2, -0.15) is 4.31 Å². The molecule has 19 heavy (non-hydrogen) atoms. The maximum atomic E-state index is 12.2. The molecule has 106 valence electrons. The summed E-state index contributed by atoms with van der Waals surface area (Å²) in [6, 6.07) is 6.13. The summed E-state index contributed by atoms with van der Waals surface area (Å²) in [5, 5.41) is 2.64. The van der Waals surface area contributed by atoms with E-state index in [1.165, 1.54) is 19.2 Å². The standard InChI is InChI=1S/C12H19N3O3S/c1-9(2)14-12(16)8-15(3)19(17,18)11-7-5-4-6-10(11)13/h4-7,9H,8,13H2,1-3H3,(H,14,16). The lowest BCUT2D eigenvalue weighted by atomic mass is 10.3. The van der Waals surface area contributed by atoms with Crippen molar-refractivity contribution in [3.63, 3.8) is 0 Å². The van der Waals surface area contributed by atoms with Gasteiger partial charge in [-0.15, -0.1) is 0 Å².